The minimum atomic E-state index is -3.19. The highest BCUT2D eigenvalue weighted by Crippen LogP contribution is 2.35. The third kappa shape index (κ3) is 9.55. The van der Waals surface area contributed by atoms with Gasteiger partial charge in [-0.1, -0.05) is 47.5 Å². The van der Waals surface area contributed by atoms with Crippen molar-refractivity contribution in [1.82, 2.24) is 24.7 Å². The van der Waals surface area contributed by atoms with E-state index in [2.05, 4.69) is 35.3 Å². The number of halogens is 2. The van der Waals surface area contributed by atoms with Crippen molar-refractivity contribution in [2.24, 2.45) is 5.73 Å². The Labute approximate surface area is 348 Å². The van der Waals surface area contributed by atoms with E-state index in [4.69, 9.17) is 28.9 Å². The first-order valence-electron chi connectivity index (χ1n) is 19.3. The lowest BCUT2D eigenvalue weighted by atomic mass is 9.92. The third-order valence-corrected chi connectivity index (χ3v) is 12.2. The van der Waals surface area contributed by atoms with Crippen LogP contribution >= 0.6 is 23.2 Å². The lowest BCUT2D eigenvalue weighted by Crippen LogP contribution is -2.46. The zero-order chi connectivity index (χ0) is 41.1. The quantitative estimate of drug-likeness (QED) is 0.154. The van der Waals surface area contributed by atoms with Crippen LogP contribution in [0.3, 0.4) is 0 Å². The highest BCUT2D eigenvalue weighted by molar-refractivity contribution is 7.88. The lowest BCUT2D eigenvalue weighted by Gasteiger charge is -2.34. The van der Waals surface area contributed by atoms with E-state index in [0.29, 0.717) is 70.1 Å². The average molecular weight is 852 g/mol. The number of amides is 4. The summed E-state index contributed by atoms with van der Waals surface area (Å²) in [5.74, 6) is 2.22. The van der Waals surface area contributed by atoms with E-state index in [-0.39, 0.29) is 24.1 Å². The number of nitrogens with one attached hydrogen (secondary N) is 3. The van der Waals surface area contributed by atoms with Crippen LogP contribution in [-0.2, 0) is 23.1 Å². The van der Waals surface area contributed by atoms with Crippen molar-refractivity contribution in [1.29, 1.82) is 0 Å². The van der Waals surface area contributed by atoms with E-state index < -0.39 is 10.0 Å². The van der Waals surface area contributed by atoms with Crippen molar-refractivity contribution in [3.05, 3.63) is 82.1 Å². The van der Waals surface area contributed by atoms with E-state index in [1.807, 2.05) is 36.4 Å². The monoisotopic (exact) mass is 850 g/mol. The van der Waals surface area contributed by atoms with Gasteiger partial charge in [0.1, 0.15) is 11.6 Å². The second-order valence-corrected chi connectivity index (χ2v) is 17.8. The van der Waals surface area contributed by atoms with Gasteiger partial charge in [-0.25, -0.2) is 32.7 Å². The maximum atomic E-state index is 12.9. The standard InChI is InChI=1S/C20H25ClN6O3S.C19H23ClN6O/c1-26-18-13(12-27(20(26)28)17-6-4-3-5-16(17)21)11-22-19(24-18)23-14-7-9-15(10-8-14)25-31(2,29)30;1-25-17-12(11-26(19(25)27)16-5-3-2-4-15(16)20)10-22-18(24-17)23-14-8-6-13(21)7-9-14/h3-6,11,14-15,25H,7-10,12H2,1-2H3,(H,22,23,24);2-5,10,13-14H,6-9,11,21H2,1H3,(H,22,23,24). The van der Waals surface area contributed by atoms with Crippen LogP contribution in [-0.4, -0.2) is 84.9 Å². The zero-order valence-electron chi connectivity index (χ0n) is 32.6. The highest BCUT2D eigenvalue weighted by atomic mass is 35.5. The molecule has 0 bridgehead atoms. The van der Waals surface area contributed by atoms with E-state index >= 15 is 0 Å². The smallest absolute Gasteiger partial charge is 0.330 e. The molecule has 58 heavy (non-hydrogen) atoms. The van der Waals surface area contributed by atoms with Crippen LogP contribution < -0.4 is 40.7 Å². The van der Waals surface area contributed by atoms with Crippen LogP contribution in [0.15, 0.2) is 60.9 Å². The maximum Gasteiger partial charge on any atom is 0.330 e. The Hall–Kier alpha value is -4.81. The normalized spacial score (nSPS) is 22.1. The van der Waals surface area contributed by atoms with Crippen molar-refractivity contribution in [2.75, 3.05) is 50.6 Å². The molecule has 2 aliphatic carbocycles. The molecule has 4 aliphatic rings. The molecule has 0 atom stereocenters. The summed E-state index contributed by atoms with van der Waals surface area (Å²) in [5, 5.41) is 7.76. The SMILES string of the molecule is CN1C(=O)N(c2ccccc2Cl)Cc2cnc(NC3CCC(N)CC3)nc21.CN1C(=O)N(c2ccccc2Cl)Cc2cnc(NC3CCC(NS(C)(=O)=O)CC3)nc21. The van der Waals surface area contributed by atoms with Gasteiger partial charge < -0.3 is 16.4 Å². The molecule has 2 aliphatic heterocycles. The molecule has 4 amide bonds. The number of nitrogens with zero attached hydrogens (tertiary/aromatic N) is 8. The molecule has 2 fully saturated rings. The minimum absolute atomic E-state index is 0.0305. The Kier molecular flexibility index (Phi) is 12.5. The first-order chi connectivity index (χ1) is 27.7. The van der Waals surface area contributed by atoms with Gasteiger partial charge in [0.05, 0.1) is 40.8 Å². The van der Waals surface area contributed by atoms with Gasteiger partial charge in [-0.2, -0.15) is 9.97 Å². The van der Waals surface area contributed by atoms with Gasteiger partial charge in [0.25, 0.3) is 0 Å². The number of fused-ring (bicyclic) bond motifs is 2. The van der Waals surface area contributed by atoms with Gasteiger partial charge in [-0.3, -0.25) is 19.6 Å². The summed E-state index contributed by atoms with van der Waals surface area (Å²) in [7, 11) is 0.212. The minimum Gasteiger partial charge on any atom is -0.351 e. The predicted octanol–water partition coefficient (Wildman–Crippen LogP) is 6.37. The number of benzene rings is 2. The molecule has 0 saturated heterocycles. The van der Waals surface area contributed by atoms with Crippen LogP contribution in [0.4, 0.5) is 44.5 Å². The molecule has 0 unspecified atom stereocenters. The number of para-hydroxylation sites is 2. The van der Waals surface area contributed by atoms with Gasteiger partial charge in [0, 0.05) is 61.8 Å². The molecular formula is C39H48Cl2N12O4S. The Balaban J connectivity index is 0.000000178. The Morgan fingerprint density at radius 1 is 0.655 bits per heavy atom. The number of aromatic nitrogens is 4. The number of hydrogen-bond acceptors (Lipinski definition) is 11. The summed E-state index contributed by atoms with van der Waals surface area (Å²) < 4.78 is 25.5. The number of nitrogens with two attached hydrogens (primary N) is 1. The number of carbonyl (C=O) groups is 2. The van der Waals surface area contributed by atoms with Crippen molar-refractivity contribution >= 4 is 80.2 Å². The van der Waals surface area contributed by atoms with Gasteiger partial charge >= 0.3 is 12.1 Å². The van der Waals surface area contributed by atoms with E-state index in [9.17, 15) is 18.0 Å². The van der Waals surface area contributed by atoms with Gasteiger partial charge in [0.15, 0.2) is 0 Å². The largest absolute Gasteiger partial charge is 0.351 e. The van der Waals surface area contributed by atoms with Crippen LogP contribution in [0, 0.1) is 0 Å². The fraction of sp³-hybridized carbons (Fsp3) is 0.436. The molecule has 2 saturated carbocycles. The predicted molar refractivity (Wildman–Crippen MR) is 228 cm³/mol. The molecule has 8 rings (SSSR count). The van der Waals surface area contributed by atoms with Crippen LogP contribution in [0.5, 0.6) is 0 Å². The zero-order valence-corrected chi connectivity index (χ0v) is 34.9. The van der Waals surface area contributed by atoms with Crippen LogP contribution in [0.25, 0.3) is 0 Å². The second kappa shape index (κ2) is 17.6. The Bertz CT molecular complexity index is 2250. The Morgan fingerprint density at radius 2 is 1.05 bits per heavy atom. The molecule has 19 heteroatoms. The number of urea groups is 2. The molecule has 5 N–H and O–H groups in total. The number of anilines is 6. The second-order valence-electron chi connectivity index (χ2n) is 15.2. The molecule has 0 radical (unpaired) electrons. The summed E-state index contributed by atoms with van der Waals surface area (Å²) in [6, 6.07) is 14.9. The van der Waals surface area contributed by atoms with E-state index in [1.165, 1.54) is 11.2 Å². The third-order valence-electron chi connectivity index (χ3n) is 10.8. The molecule has 2 aromatic carbocycles. The number of rotatable bonds is 8. The molecule has 0 spiro atoms. The summed E-state index contributed by atoms with van der Waals surface area (Å²) in [6.45, 7) is 0.728. The van der Waals surface area contributed by atoms with E-state index in [1.54, 1.807) is 53.3 Å². The first kappa shape index (κ1) is 41.4. The van der Waals surface area contributed by atoms with Crippen molar-refractivity contribution in [3.8, 4) is 0 Å². The molecule has 4 aromatic rings. The van der Waals surface area contributed by atoms with Crippen LogP contribution in [0.2, 0.25) is 10.0 Å². The van der Waals surface area contributed by atoms with Crippen molar-refractivity contribution in [3.63, 3.8) is 0 Å². The summed E-state index contributed by atoms with van der Waals surface area (Å²) in [5.41, 5.74) is 9.01. The molecule has 2 aromatic heterocycles. The Morgan fingerprint density at radius 3 is 1.47 bits per heavy atom. The van der Waals surface area contributed by atoms with Crippen molar-refractivity contribution < 1.29 is 18.0 Å². The highest BCUT2D eigenvalue weighted by Gasteiger charge is 2.34. The van der Waals surface area contributed by atoms with Gasteiger partial charge in [-0.15, -0.1) is 0 Å². The number of hydrogen-bond donors (Lipinski definition) is 4. The van der Waals surface area contributed by atoms with Gasteiger partial charge in [-0.05, 0) is 75.6 Å². The molecule has 4 heterocycles. The molecule has 308 valence electrons. The number of sulfonamides is 1. The topological polar surface area (TPSA) is 195 Å². The fourth-order valence-corrected chi connectivity index (χ4v) is 9.08. The summed E-state index contributed by atoms with van der Waals surface area (Å²) in [4.78, 5) is 50.2. The lowest BCUT2D eigenvalue weighted by molar-refractivity contribution is 0.250. The number of carbonyl (C=O) groups excluding carboxylic acids is 2. The first-order valence-corrected chi connectivity index (χ1v) is 22.0. The maximum absolute atomic E-state index is 12.9. The molecule has 16 nitrogen and oxygen atoms in total. The van der Waals surface area contributed by atoms with E-state index in [0.717, 1.165) is 62.5 Å². The summed E-state index contributed by atoms with van der Waals surface area (Å²) in [6.07, 6.45) is 11.9. The average Bonchev–Trinajstić information content (AvgIpc) is 3.20. The summed E-state index contributed by atoms with van der Waals surface area (Å²) >= 11 is 12.6. The van der Waals surface area contributed by atoms with Crippen LogP contribution in [0.1, 0.15) is 62.5 Å². The van der Waals surface area contributed by atoms with Crippen molar-refractivity contribution in [2.45, 2.75) is 88.6 Å². The fourth-order valence-electron chi connectivity index (χ4n) is 7.76. The molecular weight excluding hydrogens is 803 g/mol. The van der Waals surface area contributed by atoms with Gasteiger partial charge in [0.2, 0.25) is 21.9 Å².